The molecule has 18 heavy (non-hydrogen) atoms. The maximum Gasteiger partial charge on any atom is 0.234 e. The van der Waals surface area contributed by atoms with Crippen LogP contribution in [0.2, 0.25) is 5.02 Å². The van der Waals surface area contributed by atoms with E-state index in [1.54, 1.807) is 0 Å². The van der Waals surface area contributed by atoms with E-state index in [2.05, 4.69) is 21.9 Å². The Bertz CT molecular complexity index is 514. The summed E-state index contributed by atoms with van der Waals surface area (Å²) < 4.78 is 0. The molecule has 6 heteroatoms. The molecule has 0 saturated heterocycles. The first-order valence-electron chi connectivity index (χ1n) is 5.68. The Labute approximate surface area is 111 Å². The molecule has 2 N–H and O–H groups in total. The molecule has 0 unspecified atom stereocenters. The third-order valence-electron chi connectivity index (χ3n) is 2.40. The fraction of sp³-hybridized carbons (Fsp3) is 0.250. The Kier molecular flexibility index (Phi) is 3.94. The number of aromatic nitrogens is 3. The van der Waals surface area contributed by atoms with Gasteiger partial charge in [0.15, 0.2) is 0 Å². The number of benzene rings is 1. The van der Waals surface area contributed by atoms with Gasteiger partial charge >= 0.3 is 0 Å². The smallest absolute Gasteiger partial charge is 0.234 e. The van der Waals surface area contributed by atoms with Crippen molar-refractivity contribution in [1.29, 1.82) is 0 Å². The standard InChI is InChI=1S/C12H14ClN5/c1-2-7-18(10-5-3-9(13)4-6-10)12-16-8-15-11(14)17-12/h3-6,8H,2,7H2,1H3,(H2,14,15,16,17). The van der Waals surface area contributed by atoms with Gasteiger partial charge in [-0.05, 0) is 30.7 Å². The molecular formula is C12H14ClN5. The van der Waals surface area contributed by atoms with Crippen molar-refractivity contribution in [2.45, 2.75) is 13.3 Å². The highest BCUT2D eigenvalue weighted by molar-refractivity contribution is 6.30. The van der Waals surface area contributed by atoms with Gasteiger partial charge in [-0.1, -0.05) is 18.5 Å². The maximum atomic E-state index is 5.88. The lowest BCUT2D eigenvalue weighted by Gasteiger charge is -2.21. The van der Waals surface area contributed by atoms with Gasteiger partial charge < -0.3 is 10.6 Å². The van der Waals surface area contributed by atoms with Gasteiger partial charge in [0, 0.05) is 17.3 Å². The Morgan fingerprint density at radius 2 is 1.94 bits per heavy atom. The molecule has 0 aliphatic carbocycles. The van der Waals surface area contributed by atoms with Crippen molar-refractivity contribution in [2.24, 2.45) is 0 Å². The largest absolute Gasteiger partial charge is 0.368 e. The minimum atomic E-state index is 0.218. The summed E-state index contributed by atoms with van der Waals surface area (Å²) in [6.07, 6.45) is 2.38. The molecule has 0 spiro atoms. The average molecular weight is 264 g/mol. The Morgan fingerprint density at radius 1 is 1.22 bits per heavy atom. The lowest BCUT2D eigenvalue weighted by Crippen LogP contribution is -2.21. The van der Waals surface area contributed by atoms with Crippen LogP contribution in [-0.2, 0) is 0 Å². The van der Waals surface area contributed by atoms with Crippen LogP contribution in [0, 0.1) is 0 Å². The zero-order chi connectivity index (χ0) is 13.0. The molecule has 5 nitrogen and oxygen atoms in total. The van der Waals surface area contributed by atoms with Crippen LogP contribution >= 0.6 is 11.6 Å². The second kappa shape index (κ2) is 5.64. The van der Waals surface area contributed by atoms with E-state index in [0.717, 1.165) is 18.7 Å². The van der Waals surface area contributed by atoms with Crippen molar-refractivity contribution in [2.75, 3.05) is 17.2 Å². The van der Waals surface area contributed by atoms with Gasteiger partial charge in [-0.3, -0.25) is 0 Å². The highest BCUT2D eigenvalue weighted by Crippen LogP contribution is 2.23. The zero-order valence-corrected chi connectivity index (χ0v) is 10.8. The summed E-state index contributed by atoms with van der Waals surface area (Å²) >= 11 is 5.88. The lowest BCUT2D eigenvalue weighted by atomic mass is 10.3. The SMILES string of the molecule is CCCN(c1ccc(Cl)cc1)c1ncnc(N)n1. The van der Waals surface area contributed by atoms with Gasteiger partial charge in [0.1, 0.15) is 6.33 Å². The van der Waals surface area contributed by atoms with Crippen LogP contribution in [0.25, 0.3) is 0 Å². The maximum absolute atomic E-state index is 5.88. The van der Waals surface area contributed by atoms with Crippen LogP contribution in [0.5, 0.6) is 0 Å². The van der Waals surface area contributed by atoms with E-state index in [1.165, 1.54) is 6.33 Å². The summed E-state index contributed by atoms with van der Waals surface area (Å²) in [5.41, 5.74) is 6.56. The number of anilines is 3. The number of nitrogen functional groups attached to an aromatic ring is 1. The summed E-state index contributed by atoms with van der Waals surface area (Å²) in [5.74, 6) is 0.765. The molecule has 0 fully saturated rings. The molecule has 2 aromatic rings. The molecule has 0 amide bonds. The topological polar surface area (TPSA) is 67.9 Å². The van der Waals surface area contributed by atoms with Crippen molar-refractivity contribution in [1.82, 2.24) is 15.0 Å². The average Bonchev–Trinajstić information content (AvgIpc) is 2.37. The molecule has 2 rings (SSSR count). The van der Waals surface area contributed by atoms with E-state index in [1.807, 2.05) is 29.2 Å². The van der Waals surface area contributed by atoms with E-state index in [4.69, 9.17) is 17.3 Å². The van der Waals surface area contributed by atoms with Crippen LogP contribution in [0.4, 0.5) is 17.6 Å². The zero-order valence-electron chi connectivity index (χ0n) is 10.0. The molecule has 0 atom stereocenters. The molecule has 1 heterocycles. The van der Waals surface area contributed by atoms with Crippen LogP contribution in [0.15, 0.2) is 30.6 Å². The predicted molar refractivity (Wildman–Crippen MR) is 73.0 cm³/mol. The van der Waals surface area contributed by atoms with Crippen molar-refractivity contribution in [3.8, 4) is 0 Å². The molecule has 0 saturated carbocycles. The highest BCUT2D eigenvalue weighted by Gasteiger charge is 2.11. The Morgan fingerprint density at radius 3 is 2.56 bits per heavy atom. The van der Waals surface area contributed by atoms with Crippen LogP contribution in [0.1, 0.15) is 13.3 Å². The van der Waals surface area contributed by atoms with Gasteiger partial charge in [0.2, 0.25) is 11.9 Å². The molecule has 0 bridgehead atoms. The van der Waals surface area contributed by atoms with E-state index in [-0.39, 0.29) is 5.95 Å². The number of nitrogens with two attached hydrogens (primary N) is 1. The van der Waals surface area contributed by atoms with Gasteiger partial charge in [0.25, 0.3) is 0 Å². The van der Waals surface area contributed by atoms with E-state index < -0.39 is 0 Å². The van der Waals surface area contributed by atoms with Crippen molar-refractivity contribution in [3.63, 3.8) is 0 Å². The summed E-state index contributed by atoms with van der Waals surface area (Å²) in [5, 5.41) is 0.699. The first-order chi connectivity index (χ1) is 8.70. The van der Waals surface area contributed by atoms with Crippen molar-refractivity contribution < 1.29 is 0 Å². The number of rotatable bonds is 4. The van der Waals surface area contributed by atoms with Crippen LogP contribution in [0.3, 0.4) is 0 Å². The van der Waals surface area contributed by atoms with Crippen LogP contribution < -0.4 is 10.6 Å². The first-order valence-corrected chi connectivity index (χ1v) is 6.06. The number of halogens is 1. The van der Waals surface area contributed by atoms with Gasteiger partial charge in [-0.15, -0.1) is 0 Å². The second-order valence-electron chi connectivity index (χ2n) is 3.77. The minimum absolute atomic E-state index is 0.218. The summed E-state index contributed by atoms with van der Waals surface area (Å²) in [6, 6.07) is 7.53. The second-order valence-corrected chi connectivity index (χ2v) is 4.21. The minimum Gasteiger partial charge on any atom is -0.368 e. The summed E-state index contributed by atoms with van der Waals surface area (Å²) in [6.45, 7) is 2.89. The third-order valence-corrected chi connectivity index (χ3v) is 2.66. The fourth-order valence-corrected chi connectivity index (χ4v) is 1.75. The Hall–Kier alpha value is -1.88. The molecule has 0 aliphatic rings. The summed E-state index contributed by atoms with van der Waals surface area (Å²) in [7, 11) is 0. The lowest BCUT2D eigenvalue weighted by molar-refractivity contribution is 0.845. The molecule has 1 aromatic heterocycles. The van der Waals surface area contributed by atoms with Crippen molar-refractivity contribution >= 4 is 29.2 Å². The molecule has 0 aliphatic heterocycles. The monoisotopic (exact) mass is 263 g/mol. The number of nitrogens with zero attached hydrogens (tertiary/aromatic N) is 4. The molecular weight excluding hydrogens is 250 g/mol. The van der Waals surface area contributed by atoms with Crippen LogP contribution in [-0.4, -0.2) is 21.5 Å². The molecule has 94 valence electrons. The normalized spacial score (nSPS) is 10.3. The third kappa shape index (κ3) is 2.87. The quantitative estimate of drug-likeness (QED) is 0.918. The predicted octanol–water partition coefficient (Wildman–Crippen LogP) is 2.66. The van der Waals surface area contributed by atoms with E-state index >= 15 is 0 Å². The van der Waals surface area contributed by atoms with Gasteiger partial charge in [-0.25, -0.2) is 9.97 Å². The Balaban J connectivity index is 2.36. The van der Waals surface area contributed by atoms with Gasteiger partial charge in [-0.2, -0.15) is 4.98 Å². The van der Waals surface area contributed by atoms with Gasteiger partial charge in [0.05, 0.1) is 0 Å². The molecule has 0 radical (unpaired) electrons. The first kappa shape index (κ1) is 12.6. The fourth-order valence-electron chi connectivity index (χ4n) is 1.62. The van der Waals surface area contributed by atoms with E-state index in [9.17, 15) is 0 Å². The van der Waals surface area contributed by atoms with Crippen molar-refractivity contribution in [3.05, 3.63) is 35.6 Å². The molecule has 1 aromatic carbocycles. The summed E-state index contributed by atoms with van der Waals surface area (Å²) in [4.78, 5) is 14.1. The van der Waals surface area contributed by atoms with E-state index in [0.29, 0.717) is 11.0 Å². The number of hydrogen-bond donors (Lipinski definition) is 1. The number of hydrogen-bond acceptors (Lipinski definition) is 5. The highest BCUT2D eigenvalue weighted by atomic mass is 35.5.